The average Bonchev–Trinajstić information content (AvgIpc) is 2.60. The van der Waals surface area contributed by atoms with Crippen LogP contribution in [0.3, 0.4) is 0 Å². The Kier molecular flexibility index (Phi) is 6.70. The van der Waals surface area contributed by atoms with E-state index in [-0.39, 0.29) is 17.8 Å². The molecule has 0 saturated heterocycles. The Morgan fingerprint density at radius 2 is 1.79 bits per heavy atom. The molecular formula is C20H23N3O5. The van der Waals surface area contributed by atoms with Crippen LogP contribution in [-0.4, -0.2) is 39.7 Å². The molecule has 0 radical (unpaired) electrons. The minimum Gasteiger partial charge on any atom is -0.478 e. The Bertz CT molecular complexity index is 846. The van der Waals surface area contributed by atoms with Gasteiger partial charge in [-0.1, -0.05) is 30.3 Å². The van der Waals surface area contributed by atoms with Gasteiger partial charge in [0.15, 0.2) is 0 Å². The van der Waals surface area contributed by atoms with Gasteiger partial charge in [-0.2, -0.15) is 0 Å². The summed E-state index contributed by atoms with van der Waals surface area (Å²) in [7, 11) is 0. The van der Waals surface area contributed by atoms with Gasteiger partial charge >= 0.3 is 12.1 Å². The molecule has 0 aliphatic rings. The molecule has 148 valence electrons. The summed E-state index contributed by atoms with van der Waals surface area (Å²) >= 11 is 0. The van der Waals surface area contributed by atoms with E-state index in [1.807, 2.05) is 30.3 Å². The van der Waals surface area contributed by atoms with Crippen molar-refractivity contribution in [1.82, 2.24) is 10.3 Å². The molecule has 0 unspecified atom stereocenters. The van der Waals surface area contributed by atoms with Gasteiger partial charge < -0.3 is 20.5 Å². The van der Waals surface area contributed by atoms with E-state index in [4.69, 9.17) is 4.74 Å². The van der Waals surface area contributed by atoms with Crippen molar-refractivity contribution in [2.24, 2.45) is 0 Å². The van der Waals surface area contributed by atoms with Gasteiger partial charge in [-0.3, -0.25) is 4.79 Å². The number of carboxylic acid groups (broad SMARTS) is 1. The van der Waals surface area contributed by atoms with Gasteiger partial charge in [0.2, 0.25) is 5.91 Å². The number of nitrogens with one attached hydrogen (secondary N) is 2. The second-order valence-electron chi connectivity index (χ2n) is 7.08. The molecule has 0 bridgehead atoms. The van der Waals surface area contributed by atoms with Crippen LogP contribution in [0.25, 0.3) is 0 Å². The fraction of sp³-hybridized carbons (Fsp3) is 0.300. The highest BCUT2D eigenvalue weighted by Gasteiger charge is 2.26. The lowest BCUT2D eigenvalue weighted by Gasteiger charge is -2.23. The van der Waals surface area contributed by atoms with Crippen LogP contribution in [0, 0.1) is 0 Å². The molecule has 1 atom stereocenters. The Morgan fingerprint density at radius 3 is 2.39 bits per heavy atom. The fourth-order valence-corrected chi connectivity index (χ4v) is 2.39. The third kappa shape index (κ3) is 6.39. The maximum atomic E-state index is 12.8. The molecule has 0 fully saturated rings. The van der Waals surface area contributed by atoms with Gasteiger partial charge in [-0.15, -0.1) is 0 Å². The van der Waals surface area contributed by atoms with E-state index >= 15 is 0 Å². The van der Waals surface area contributed by atoms with E-state index in [2.05, 4.69) is 15.6 Å². The third-order valence-electron chi connectivity index (χ3n) is 3.57. The standard InChI is InChI=1S/C20H23N3O5/c1-20(2,3)28-19(27)22-15(12-13-8-5-4-6-9-13)17(24)23-16-14(18(25)26)10-7-11-21-16/h4-11,15H,12H2,1-3H3,(H,22,27)(H,25,26)(H,21,23,24)/t15-/m1/s1. The first-order chi connectivity index (χ1) is 13.2. The van der Waals surface area contributed by atoms with Gasteiger partial charge in [0.25, 0.3) is 0 Å². The number of benzene rings is 1. The summed E-state index contributed by atoms with van der Waals surface area (Å²) in [5, 5.41) is 14.3. The maximum absolute atomic E-state index is 12.8. The molecule has 0 saturated carbocycles. The number of nitrogens with zero attached hydrogens (tertiary/aromatic N) is 1. The predicted molar refractivity (Wildman–Crippen MR) is 103 cm³/mol. The third-order valence-corrected chi connectivity index (χ3v) is 3.57. The molecule has 2 aromatic rings. The second kappa shape index (κ2) is 8.98. The molecule has 0 aliphatic heterocycles. The summed E-state index contributed by atoms with van der Waals surface area (Å²) in [5.41, 5.74) is -0.0558. The van der Waals surface area contributed by atoms with E-state index in [1.165, 1.54) is 18.3 Å². The highest BCUT2D eigenvalue weighted by molar-refractivity contribution is 6.01. The van der Waals surface area contributed by atoms with Crippen molar-refractivity contribution in [3.05, 3.63) is 59.8 Å². The zero-order chi connectivity index (χ0) is 20.7. The summed E-state index contributed by atoms with van der Waals surface area (Å²) in [6.07, 6.45) is 0.819. The Labute approximate surface area is 162 Å². The number of aromatic nitrogens is 1. The number of rotatable bonds is 6. The first-order valence-corrected chi connectivity index (χ1v) is 8.68. The number of ether oxygens (including phenoxy) is 1. The highest BCUT2D eigenvalue weighted by atomic mass is 16.6. The van der Waals surface area contributed by atoms with Crippen LogP contribution in [0.1, 0.15) is 36.7 Å². The molecule has 0 aliphatic carbocycles. The first-order valence-electron chi connectivity index (χ1n) is 8.68. The van der Waals surface area contributed by atoms with Crippen molar-refractivity contribution in [2.45, 2.75) is 38.8 Å². The van der Waals surface area contributed by atoms with Gasteiger partial charge in [0.05, 0.1) is 0 Å². The Morgan fingerprint density at radius 1 is 1.11 bits per heavy atom. The molecule has 2 rings (SSSR count). The van der Waals surface area contributed by atoms with Crippen LogP contribution in [0.2, 0.25) is 0 Å². The number of carboxylic acids is 1. The normalized spacial score (nSPS) is 12.0. The van der Waals surface area contributed by atoms with E-state index in [0.29, 0.717) is 0 Å². The Hall–Kier alpha value is -3.42. The lowest BCUT2D eigenvalue weighted by atomic mass is 10.1. The number of anilines is 1. The highest BCUT2D eigenvalue weighted by Crippen LogP contribution is 2.13. The molecule has 1 heterocycles. The number of aromatic carboxylic acids is 1. The van der Waals surface area contributed by atoms with Crippen molar-refractivity contribution in [2.75, 3.05) is 5.32 Å². The fourth-order valence-electron chi connectivity index (χ4n) is 2.39. The number of hydrogen-bond acceptors (Lipinski definition) is 5. The lowest BCUT2D eigenvalue weighted by Crippen LogP contribution is -2.47. The van der Waals surface area contributed by atoms with Gasteiger partial charge in [0, 0.05) is 12.6 Å². The number of carbonyl (C=O) groups is 3. The molecule has 0 spiro atoms. The Balaban J connectivity index is 2.21. The molecule has 3 N–H and O–H groups in total. The van der Waals surface area contributed by atoms with Crippen molar-refractivity contribution >= 4 is 23.8 Å². The predicted octanol–water partition coefficient (Wildman–Crippen LogP) is 2.85. The van der Waals surface area contributed by atoms with E-state index < -0.39 is 29.6 Å². The van der Waals surface area contributed by atoms with Gasteiger partial charge in [0.1, 0.15) is 23.0 Å². The smallest absolute Gasteiger partial charge is 0.408 e. The molecule has 1 aromatic carbocycles. The summed E-state index contributed by atoms with van der Waals surface area (Å²) in [6.45, 7) is 5.14. The monoisotopic (exact) mass is 385 g/mol. The molecule has 8 heteroatoms. The molecule has 8 nitrogen and oxygen atoms in total. The second-order valence-corrected chi connectivity index (χ2v) is 7.08. The number of amides is 2. The minimum atomic E-state index is -1.22. The quantitative estimate of drug-likeness (QED) is 0.704. The summed E-state index contributed by atoms with van der Waals surface area (Å²) in [4.78, 5) is 40.2. The molecular weight excluding hydrogens is 362 g/mol. The van der Waals surface area contributed by atoms with Crippen LogP contribution < -0.4 is 10.6 Å². The summed E-state index contributed by atoms with van der Waals surface area (Å²) in [6, 6.07) is 10.9. The average molecular weight is 385 g/mol. The molecule has 28 heavy (non-hydrogen) atoms. The topological polar surface area (TPSA) is 118 Å². The largest absolute Gasteiger partial charge is 0.478 e. The number of carbonyl (C=O) groups excluding carboxylic acids is 2. The van der Waals surface area contributed by atoms with Crippen molar-refractivity contribution < 1.29 is 24.2 Å². The maximum Gasteiger partial charge on any atom is 0.408 e. The molecule has 1 aromatic heterocycles. The molecule has 2 amide bonds. The first kappa shape index (κ1) is 20.9. The number of hydrogen-bond donors (Lipinski definition) is 3. The van der Waals surface area contributed by atoms with Crippen molar-refractivity contribution in [3.63, 3.8) is 0 Å². The zero-order valence-electron chi connectivity index (χ0n) is 15.9. The van der Waals surface area contributed by atoms with Crippen LogP contribution in [0.15, 0.2) is 48.7 Å². The summed E-state index contributed by atoms with van der Waals surface area (Å²) in [5.74, 6) is -1.91. The van der Waals surface area contributed by atoms with Gasteiger partial charge in [-0.25, -0.2) is 14.6 Å². The van der Waals surface area contributed by atoms with Crippen LogP contribution >= 0.6 is 0 Å². The minimum absolute atomic E-state index is 0.0935. The van der Waals surface area contributed by atoms with Crippen molar-refractivity contribution in [3.8, 4) is 0 Å². The van der Waals surface area contributed by atoms with Crippen molar-refractivity contribution in [1.29, 1.82) is 0 Å². The summed E-state index contributed by atoms with van der Waals surface area (Å²) < 4.78 is 5.23. The number of pyridine rings is 1. The van der Waals surface area contributed by atoms with E-state index in [9.17, 15) is 19.5 Å². The van der Waals surface area contributed by atoms with Crippen LogP contribution in [-0.2, 0) is 16.0 Å². The lowest BCUT2D eigenvalue weighted by molar-refractivity contribution is -0.118. The van der Waals surface area contributed by atoms with E-state index in [0.717, 1.165) is 5.56 Å². The van der Waals surface area contributed by atoms with E-state index in [1.54, 1.807) is 20.8 Å². The van der Waals surface area contributed by atoms with Crippen LogP contribution in [0.4, 0.5) is 10.6 Å². The SMILES string of the molecule is CC(C)(C)OC(=O)N[C@H](Cc1ccccc1)C(=O)Nc1ncccc1C(=O)O. The van der Waals surface area contributed by atoms with Crippen LogP contribution in [0.5, 0.6) is 0 Å². The van der Waals surface area contributed by atoms with Gasteiger partial charge in [-0.05, 0) is 38.5 Å². The zero-order valence-corrected chi connectivity index (χ0v) is 15.9. The number of alkyl carbamates (subject to hydrolysis) is 1.